The van der Waals surface area contributed by atoms with Crippen LogP contribution >= 0.6 is 0 Å². The number of aryl methyl sites for hydroxylation is 2. The van der Waals surface area contributed by atoms with Gasteiger partial charge < -0.3 is 15.2 Å². The van der Waals surface area contributed by atoms with Gasteiger partial charge in [-0.25, -0.2) is 4.98 Å². The molecule has 5 heteroatoms. The first-order chi connectivity index (χ1) is 9.16. The molecule has 0 radical (unpaired) electrons. The van der Waals surface area contributed by atoms with Crippen molar-refractivity contribution in [3.63, 3.8) is 0 Å². The van der Waals surface area contributed by atoms with Crippen molar-refractivity contribution < 1.29 is 0 Å². The van der Waals surface area contributed by atoms with Crippen LogP contribution in [0.15, 0.2) is 41.8 Å². The fourth-order valence-electron chi connectivity index (χ4n) is 2.50. The summed E-state index contributed by atoms with van der Waals surface area (Å²) >= 11 is 0. The van der Waals surface area contributed by atoms with Gasteiger partial charge in [-0.3, -0.25) is 4.99 Å². The quantitative estimate of drug-likeness (QED) is 0.886. The molecule has 0 aliphatic carbocycles. The molecular weight excluding hydrogens is 238 g/mol. The molecule has 2 heterocycles. The zero-order valence-electron chi connectivity index (χ0n) is 11.1. The van der Waals surface area contributed by atoms with Crippen LogP contribution in [0.5, 0.6) is 0 Å². The third kappa shape index (κ3) is 1.97. The largest absolute Gasteiger partial charge is 0.369 e. The molecule has 0 saturated carbocycles. The number of guanidine groups is 1. The van der Waals surface area contributed by atoms with Crippen molar-refractivity contribution in [3.05, 3.63) is 48.0 Å². The highest BCUT2D eigenvalue weighted by Crippen LogP contribution is 2.30. The van der Waals surface area contributed by atoms with Gasteiger partial charge in [0, 0.05) is 12.7 Å². The van der Waals surface area contributed by atoms with E-state index in [1.807, 2.05) is 23.9 Å². The number of nitrogens with zero attached hydrogens (tertiary/aromatic N) is 4. The summed E-state index contributed by atoms with van der Waals surface area (Å²) in [4.78, 5) is 10.6. The lowest BCUT2D eigenvalue weighted by atomic mass is 10.1. The molecule has 0 bridgehead atoms. The number of hydrogen-bond donors (Lipinski definition) is 1. The van der Waals surface area contributed by atoms with Crippen LogP contribution in [0.4, 0.5) is 5.69 Å². The van der Waals surface area contributed by atoms with E-state index < -0.39 is 0 Å². The number of anilines is 1. The van der Waals surface area contributed by atoms with Crippen molar-refractivity contribution in [2.24, 2.45) is 17.8 Å². The summed E-state index contributed by atoms with van der Waals surface area (Å²) in [5.74, 6) is 0.566. The Morgan fingerprint density at radius 3 is 2.89 bits per heavy atom. The lowest BCUT2D eigenvalue weighted by molar-refractivity contribution is 0.689. The van der Waals surface area contributed by atoms with Gasteiger partial charge in [-0.05, 0) is 24.6 Å². The number of nitrogens with two attached hydrogens (primary N) is 1. The van der Waals surface area contributed by atoms with Crippen molar-refractivity contribution >= 4 is 11.6 Å². The molecule has 3 rings (SSSR count). The van der Waals surface area contributed by atoms with E-state index in [1.165, 1.54) is 5.56 Å². The fourth-order valence-corrected chi connectivity index (χ4v) is 2.50. The monoisotopic (exact) mass is 255 g/mol. The molecule has 1 unspecified atom stereocenters. The van der Waals surface area contributed by atoms with Crippen LogP contribution in [0.3, 0.4) is 0 Å². The van der Waals surface area contributed by atoms with Crippen LogP contribution in [-0.4, -0.2) is 22.1 Å². The third-order valence-electron chi connectivity index (χ3n) is 3.46. The lowest BCUT2D eigenvalue weighted by Crippen LogP contribution is -2.36. The normalized spacial score (nSPS) is 18.7. The summed E-state index contributed by atoms with van der Waals surface area (Å²) in [5, 5.41) is 0. The standard InChI is InChI=1S/C14H17N5/c1-10-4-3-5-11(6-10)19-13(8-17-14(19)15)12-7-16-9-18(12)2/h3-7,9,13H,8H2,1-2H3,(H2,15,17). The van der Waals surface area contributed by atoms with Gasteiger partial charge in [-0.15, -0.1) is 0 Å². The maximum Gasteiger partial charge on any atom is 0.196 e. The molecule has 1 aliphatic heterocycles. The second-order valence-electron chi connectivity index (χ2n) is 4.85. The van der Waals surface area contributed by atoms with Gasteiger partial charge in [-0.2, -0.15) is 0 Å². The van der Waals surface area contributed by atoms with Gasteiger partial charge in [0.05, 0.1) is 30.8 Å². The Labute approximate surface area is 112 Å². The molecule has 1 atom stereocenters. The summed E-state index contributed by atoms with van der Waals surface area (Å²) in [6.07, 6.45) is 3.68. The van der Waals surface area contributed by atoms with Crippen molar-refractivity contribution in [1.82, 2.24) is 9.55 Å². The van der Waals surface area contributed by atoms with Gasteiger partial charge in [0.25, 0.3) is 0 Å². The van der Waals surface area contributed by atoms with Crippen molar-refractivity contribution in [2.75, 3.05) is 11.4 Å². The van der Waals surface area contributed by atoms with Crippen LogP contribution < -0.4 is 10.6 Å². The molecule has 1 aliphatic rings. The number of hydrogen-bond acceptors (Lipinski definition) is 4. The summed E-state index contributed by atoms with van der Waals surface area (Å²) in [6.45, 7) is 2.74. The first kappa shape index (κ1) is 11.8. The highest BCUT2D eigenvalue weighted by Gasteiger charge is 2.30. The van der Waals surface area contributed by atoms with Crippen LogP contribution in [0.2, 0.25) is 0 Å². The van der Waals surface area contributed by atoms with Crippen molar-refractivity contribution in [2.45, 2.75) is 13.0 Å². The smallest absolute Gasteiger partial charge is 0.196 e. The number of benzene rings is 1. The summed E-state index contributed by atoms with van der Waals surface area (Å²) in [6, 6.07) is 8.42. The van der Waals surface area contributed by atoms with E-state index in [9.17, 15) is 0 Å². The molecule has 0 spiro atoms. The molecule has 2 aromatic rings. The zero-order chi connectivity index (χ0) is 13.4. The van der Waals surface area contributed by atoms with E-state index in [0.717, 1.165) is 11.4 Å². The minimum Gasteiger partial charge on any atom is -0.369 e. The Bertz CT molecular complexity index is 628. The fraction of sp³-hybridized carbons (Fsp3) is 0.286. The molecule has 5 nitrogen and oxygen atoms in total. The molecular formula is C14H17N5. The molecule has 2 N–H and O–H groups in total. The summed E-state index contributed by atoms with van der Waals surface area (Å²) < 4.78 is 2.02. The Balaban J connectivity index is 2.02. The van der Waals surface area contributed by atoms with E-state index >= 15 is 0 Å². The maximum absolute atomic E-state index is 6.05. The first-order valence-electron chi connectivity index (χ1n) is 6.29. The first-order valence-corrected chi connectivity index (χ1v) is 6.29. The number of aliphatic imine (C=N–C) groups is 1. The Morgan fingerprint density at radius 2 is 2.21 bits per heavy atom. The minimum absolute atomic E-state index is 0.120. The van der Waals surface area contributed by atoms with Gasteiger partial charge in [0.1, 0.15) is 0 Å². The lowest BCUT2D eigenvalue weighted by Gasteiger charge is -2.26. The Kier molecular flexibility index (Phi) is 2.74. The highest BCUT2D eigenvalue weighted by atomic mass is 15.3. The van der Waals surface area contributed by atoms with Crippen LogP contribution in [0.25, 0.3) is 0 Å². The predicted molar refractivity (Wildman–Crippen MR) is 76.1 cm³/mol. The van der Waals surface area contributed by atoms with Gasteiger partial charge in [0.15, 0.2) is 5.96 Å². The number of imidazole rings is 1. The van der Waals surface area contributed by atoms with Gasteiger partial charge in [-0.1, -0.05) is 12.1 Å². The zero-order valence-corrected chi connectivity index (χ0v) is 11.1. The summed E-state index contributed by atoms with van der Waals surface area (Å²) in [5.41, 5.74) is 9.45. The molecule has 0 saturated heterocycles. The molecule has 1 aromatic carbocycles. The Hall–Kier alpha value is -2.30. The second kappa shape index (κ2) is 4.42. The maximum atomic E-state index is 6.05. The van der Waals surface area contributed by atoms with Crippen molar-refractivity contribution in [3.8, 4) is 0 Å². The molecule has 19 heavy (non-hydrogen) atoms. The average molecular weight is 255 g/mol. The molecule has 0 amide bonds. The van der Waals surface area contributed by atoms with Gasteiger partial charge in [0.2, 0.25) is 0 Å². The SMILES string of the molecule is Cc1cccc(N2C(N)=NCC2c2cncn2C)c1. The molecule has 98 valence electrons. The molecule has 0 fully saturated rings. The predicted octanol–water partition coefficient (Wildman–Crippen LogP) is 1.60. The highest BCUT2D eigenvalue weighted by molar-refractivity contribution is 5.97. The van der Waals surface area contributed by atoms with E-state index in [4.69, 9.17) is 5.73 Å². The van der Waals surface area contributed by atoms with E-state index in [0.29, 0.717) is 12.5 Å². The van der Waals surface area contributed by atoms with E-state index in [1.54, 1.807) is 6.33 Å². The van der Waals surface area contributed by atoms with E-state index in [2.05, 4.69) is 40.0 Å². The molecule has 1 aromatic heterocycles. The van der Waals surface area contributed by atoms with Crippen molar-refractivity contribution in [1.29, 1.82) is 0 Å². The van der Waals surface area contributed by atoms with E-state index in [-0.39, 0.29) is 6.04 Å². The van der Waals surface area contributed by atoms with Gasteiger partial charge >= 0.3 is 0 Å². The van der Waals surface area contributed by atoms with Crippen LogP contribution in [0.1, 0.15) is 17.3 Å². The van der Waals surface area contributed by atoms with Crippen LogP contribution in [-0.2, 0) is 7.05 Å². The Morgan fingerprint density at radius 1 is 1.37 bits per heavy atom. The minimum atomic E-state index is 0.120. The second-order valence-corrected chi connectivity index (χ2v) is 4.85. The number of rotatable bonds is 2. The topological polar surface area (TPSA) is 59.4 Å². The number of aromatic nitrogens is 2. The van der Waals surface area contributed by atoms with Crippen LogP contribution in [0, 0.1) is 6.92 Å². The third-order valence-corrected chi connectivity index (χ3v) is 3.46. The average Bonchev–Trinajstić information content (AvgIpc) is 2.95. The summed E-state index contributed by atoms with van der Waals surface area (Å²) in [7, 11) is 1.99.